The molecule has 0 radical (unpaired) electrons. The lowest BCUT2D eigenvalue weighted by molar-refractivity contribution is -0.475. The summed E-state index contributed by atoms with van der Waals surface area (Å²) in [6.45, 7) is 1.95. The van der Waals surface area contributed by atoms with Crippen LogP contribution in [-0.2, 0) is 6.54 Å². The maximum atomic E-state index is 14.4. The van der Waals surface area contributed by atoms with Gasteiger partial charge in [0.05, 0.1) is 16.8 Å². The Hall–Kier alpha value is -2.66. The number of halogens is 2. The van der Waals surface area contributed by atoms with Gasteiger partial charge in [-0.05, 0) is 37.3 Å². The van der Waals surface area contributed by atoms with Crippen LogP contribution in [0.5, 0.6) is 0 Å². The van der Waals surface area contributed by atoms with Crippen LogP contribution >= 0.6 is 11.6 Å². The fourth-order valence-corrected chi connectivity index (χ4v) is 3.27. The second-order valence-electron chi connectivity index (χ2n) is 5.68. The maximum Gasteiger partial charge on any atom is 0.231 e. The molecule has 0 amide bonds. The Kier molecular flexibility index (Phi) is 3.39. The Morgan fingerprint density at radius 1 is 1.21 bits per heavy atom. The van der Waals surface area contributed by atoms with E-state index in [9.17, 15) is 9.60 Å². The molecule has 0 unspecified atom stereocenters. The van der Waals surface area contributed by atoms with E-state index in [1.165, 1.54) is 6.07 Å². The number of hydrogen-bond donors (Lipinski definition) is 0. The Labute approximate surface area is 143 Å². The number of hydrogen-bond acceptors (Lipinski definition) is 2. The summed E-state index contributed by atoms with van der Waals surface area (Å²) in [6.07, 6.45) is 1.72. The smallest absolute Gasteiger partial charge is 0.231 e. The van der Waals surface area contributed by atoms with Crippen molar-refractivity contribution in [1.82, 2.24) is 9.55 Å². The van der Waals surface area contributed by atoms with Gasteiger partial charge in [-0.3, -0.25) is 4.57 Å². The van der Waals surface area contributed by atoms with Gasteiger partial charge in [-0.2, -0.15) is 4.74 Å². The molecule has 0 saturated carbocycles. The van der Waals surface area contributed by atoms with Crippen LogP contribution in [0.1, 0.15) is 22.6 Å². The van der Waals surface area contributed by atoms with E-state index in [4.69, 9.17) is 11.6 Å². The molecule has 1 aliphatic heterocycles. The summed E-state index contributed by atoms with van der Waals surface area (Å²) in [6, 6.07) is 11.5. The van der Waals surface area contributed by atoms with E-state index in [1.54, 1.807) is 36.5 Å². The highest BCUT2D eigenvalue weighted by Gasteiger charge is 2.29. The zero-order valence-electron chi connectivity index (χ0n) is 12.8. The molecule has 0 atom stereocenters. The standard InChI is InChI=1S/C18H13ClFN3O/c1-11-9-21-17-10-22(24)18(13-4-2-3-5-15(13)20)14-8-12(19)6-7-16(14)23(11)17/h2-9H,10H2,1H3. The molecule has 0 aliphatic carbocycles. The number of fused-ring (bicyclic) bond motifs is 3. The minimum absolute atomic E-state index is 0.0316. The van der Waals surface area contributed by atoms with E-state index in [0.29, 0.717) is 16.4 Å². The summed E-state index contributed by atoms with van der Waals surface area (Å²) in [7, 11) is 0. The van der Waals surface area contributed by atoms with E-state index in [2.05, 4.69) is 4.98 Å². The molecule has 0 N–H and O–H groups in total. The van der Waals surface area contributed by atoms with Crippen molar-refractivity contribution in [2.24, 2.45) is 0 Å². The number of nitrogens with zero attached hydrogens (tertiary/aromatic N) is 3. The third-order valence-corrected chi connectivity index (χ3v) is 4.36. The molecule has 4 rings (SSSR count). The molecule has 4 nitrogen and oxygen atoms in total. The quantitative estimate of drug-likeness (QED) is 0.498. The average Bonchev–Trinajstić information content (AvgIpc) is 2.85. The van der Waals surface area contributed by atoms with Gasteiger partial charge in [-0.25, -0.2) is 9.37 Å². The highest BCUT2D eigenvalue weighted by Crippen LogP contribution is 2.29. The molecule has 1 aromatic heterocycles. The minimum Gasteiger partial charge on any atom is -0.623 e. The number of hydroxylamine groups is 1. The molecule has 3 aromatic rings. The van der Waals surface area contributed by atoms with Gasteiger partial charge < -0.3 is 5.21 Å². The van der Waals surface area contributed by atoms with E-state index >= 15 is 0 Å². The lowest BCUT2D eigenvalue weighted by atomic mass is 10.00. The molecule has 2 heterocycles. The lowest BCUT2D eigenvalue weighted by Gasteiger charge is -2.12. The predicted octanol–water partition coefficient (Wildman–Crippen LogP) is 3.83. The van der Waals surface area contributed by atoms with E-state index < -0.39 is 5.82 Å². The SMILES string of the molecule is Cc1cnc2n1-c1ccc(Cl)cc1C(c1ccccc1F)=[N+]([O-])C2. The van der Waals surface area contributed by atoms with Crippen LogP contribution in [0.15, 0.2) is 48.7 Å². The van der Waals surface area contributed by atoms with Crippen molar-refractivity contribution in [3.05, 3.63) is 87.4 Å². The molecular formula is C18H13ClFN3O. The lowest BCUT2D eigenvalue weighted by Crippen LogP contribution is -2.19. The largest absolute Gasteiger partial charge is 0.623 e. The van der Waals surface area contributed by atoms with Crippen molar-refractivity contribution in [3.8, 4) is 5.69 Å². The highest BCUT2D eigenvalue weighted by atomic mass is 35.5. The molecule has 120 valence electrons. The second-order valence-corrected chi connectivity index (χ2v) is 6.11. The fraction of sp³-hybridized carbons (Fsp3) is 0.111. The van der Waals surface area contributed by atoms with E-state index in [-0.39, 0.29) is 17.8 Å². The second kappa shape index (κ2) is 5.46. The van der Waals surface area contributed by atoms with E-state index in [0.717, 1.165) is 16.1 Å². The number of imidazole rings is 1. The minimum atomic E-state index is -0.449. The van der Waals surface area contributed by atoms with Gasteiger partial charge in [0, 0.05) is 16.9 Å². The molecule has 2 aromatic carbocycles. The van der Waals surface area contributed by atoms with E-state index in [1.807, 2.05) is 17.6 Å². The van der Waals surface area contributed by atoms with Crippen molar-refractivity contribution in [1.29, 1.82) is 0 Å². The van der Waals surface area contributed by atoms with Gasteiger partial charge >= 0.3 is 0 Å². The Bertz CT molecular complexity index is 994. The molecule has 24 heavy (non-hydrogen) atoms. The predicted molar refractivity (Wildman–Crippen MR) is 90.3 cm³/mol. The van der Waals surface area contributed by atoms with Crippen molar-refractivity contribution >= 4 is 17.3 Å². The van der Waals surface area contributed by atoms with Crippen molar-refractivity contribution in [2.75, 3.05) is 0 Å². The van der Waals surface area contributed by atoms with Crippen LogP contribution < -0.4 is 0 Å². The number of rotatable bonds is 1. The summed E-state index contributed by atoms with van der Waals surface area (Å²) in [4.78, 5) is 4.32. The molecular weight excluding hydrogens is 329 g/mol. The summed E-state index contributed by atoms with van der Waals surface area (Å²) in [5, 5.41) is 13.3. The molecule has 6 heteroatoms. The molecule has 0 spiro atoms. The van der Waals surface area contributed by atoms with Crippen LogP contribution in [0.25, 0.3) is 5.69 Å². The van der Waals surface area contributed by atoms with Crippen molar-refractivity contribution < 1.29 is 9.13 Å². The van der Waals surface area contributed by atoms with Gasteiger partial charge in [-0.15, -0.1) is 0 Å². The third kappa shape index (κ3) is 2.20. The van der Waals surface area contributed by atoms with Gasteiger partial charge in [-0.1, -0.05) is 23.7 Å². The topological polar surface area (TPSA) is 43.9 Å². The summed E-state index contributed by atoms with van der Waals surface area (Å²) >= 11 is 6.16. The monoisotopic (exact) mass is 341 g/mol. The van der Waals surface area contributed by atoms with Crippen molar-refractivity contribution in [2.45, 2.75) is 13.5 Å². The Balaban J connectivity index is 2.09. The molecule has 0 fully saturated rings. The molecule has 0 saturated heterocycles. The van der Waals surface area contributed by atoms with Gasteiger partial charge in [0.2, 0.25) is 12.3 Å². The Morgan fingerprint density at radius 3 is 2.79 bits per heavy atom. The first-order valence-electron chi connectivity index (χ1n) is 7.46. The molecule has 1 aliphatic rings. The van der Waals surface area contributed by atoms with Crippen LogP contribution in [-0.4, -0.2) is 20.0 Å². The van der Waals surface area contributed by atoms with Gasteiger partial charge in [0.15, 0.2) is 5.82 Å². The fourth-order valence-electron chi connectivity index (χ4n) is 3.09. The Morgan fingerprint density at radius 2 is 2.00 bits per heavy atom. The zero-order valence-corrected chi connectivity index (χ0v) is 13.6. The average molecular weight is 342 g/mol. The highest BCUT2D eigenvalue weighted by molar-refractivity contribution is 6.31. The number of aryl methyl sites for hydroxylation is 1. The van der Waals surface area contributed by atoms with Gasteiger partial charge in [0.25, 0.3) is 0 Å². The van der Waals surface area contributed by atoms with Crippen LogP contribution in [0.2, 0.25) is 5.02 Å². The summed E-state index contributed by atoms with van der Waals surface area (Å²) < 4.78 is 17.1. The van der Waals surface area contributed by atoms with Crippen LogP contribution in [0.3, 0.4) is 0 Å². The molecule has 0 bridgehead atoms. The zero-order chi connectivity index (χ0) is 16.8. The summed E-state index contributed by atoms with van der Waals surface area (Å²) in [5.74, 6) is 0.160. The maximum absolute atomic E-state index is 14.4. The van der Waals surface area contributed by atoms with Gasteiger partial charge in [0.1, 0.15) is 5.82 Å². The van der Waals surface area contributed by atoms with Crippen LogP contribution in [0, 0.1) is 17.9 Å². The number of benzene rings is 2. The first-order chi connectivity index (χ1) is 11.6. The number of aromatic nitrogens is 2. The van der Waals surface area contributed by atoms with Crippen molar-refractivity contribution in [3.63, 3.8) is 0 Å². The third-order valence-electron chi connectivity index (χ3n) is 4.13. The van der Waals surface area contributed by atoms with Crippen LogP contribution in [0.4, 0.5) is 4.39 Å². The first kappa shape index (κ1) is 14.9. The first-order valence-corrected chi connectivity index (χ1v) is 7.84. The normalized spacial score (nSPS) is 13.5. The summed E-state index contributed by atoms with van der Waals surface area (Å²) in [5.41, 5.74) is 2.76.